The lowest BCUT2D eigenvalue weighted by Gasteiger charge is -2.01. The van der Waals surface area contributed by atoms with Crippen molar-refractivity contribution in [2.45, 2.75) is 26.2 Å². The highest BCUT2D eigenvalue weighted by atomic mass is 32.1. The molecule has 0 saturated carbocycles. The summed E-state index contributed by atoms with van der Waals surface area (Å²) in [5, 5.41) is 12.1. The molecule has 0 unspecified atom stereocenters. The summed E-state index contributed by atoms with van der Waals surface area (Å²) in [5.74, 6) is 0.916. The Balaban J connectivity index is 1.97. The van der Waals surface area contributed by atoms with Gasteiger partial charge in [0.15, 0.2) is 0 Å². The molecule has 0 aliphatic heterocycles. The minimum Gasteiger partial charge on any atom is -0.338 e. The fourth-order valence-electron chi connectivity index (χ4n) is 1.39. The molecule has 1 amide bonds. The van der Waals surface area contributed by atoms with Gasteiger partial charge in [-0.25, -0.2) is 4.98 Å². The first-order chi connectivity index (χ1) is 8.56. The van der Waals surface area contributed by atoms with E-state index in [1.165, 1.54) is 11.3 Å². The van der Waals surface area contributed by atoms with Crippen molar-refractivity contribution in [1.82, 2.24) is 19.7 Å². The Kier molecular flexibility index (Phi) is 3.71. The Morgan fingerprint density at radius 2 is 2.28 bits per heavy atom. The van der Waals surface area contributed by atoms with E-state index in [1.54, 1.807) is 6.20 Å². The Bertz CT molecular complexity index is 545. The van der Waals surface area contributed by atoms with Crippen LogP contribution in [0.1, 0.15) is 30.6 Å². The average Bonchev–Trinajstić information content (AvgIpc) is 2.89. The smallest absolute Gasteiger partial charge is 0.233 e. The molecule has 0 bridgehead atoms. The summed E-state index contributed by atoms with van der Waals surface area (Å²) in [4.78, 5) is 15.9. The number of aryl methyl sites for hydroxylation is 1. The third-order valence-electron chi connectivity index (χ3n) is 2.42. The van der Waals surface area contributed by atoms with Gasteiger partial charge in [0.05, 0.1) is 6.42 Å². The van der Waals surface area contributed by atoms with E-state index < -0.39 is 0 Å². The minimum atomic E-state index is -0.129. The summed E-state index contributed by atoms with van der Waals surface area (Å²) in [6.45, 7) is 4.08. The molecule has 0 aromatic carbocycles. The van der Waals surface area contributed by atoms with Crippen molar-refractivity contribution in [3.05, 3.63) is 23.2 Å². The topological polar surface area (TPSA) is 72.7 Å². The molecule has 0 aliphatic carbocycles. The highest BCUT2D eigenvalue weighted by Crippen LogP contribution is 2.22. The van der Waals surface area contributed by atoms with Gasteiger partial charge in [-0.05, 0) is 0 Å². The maximum atomic E-state index is 11.8. The van der Waals surface area contributed by atoms with E-state index in [0.717, 1.165) is 10.8 Å². The Morgan fingerprint density at radius 1 is 1.50 bits per heavy atom. The molecule has 18 heavy (non-hydrogen) atoms. The van der Waals surface area contributed by atoms with E-state index in [-0.39, 0.29) is 12.3 Å². The molecule has 0 spiro atoms. The van der Waals surface area contributed by atoms with Crippen molar-refractivity contribution < 1.29 is 4.79 Å². The van der Waals surface area contributed by atoms with Gasteiger partial charge >= 0.3 is 0 Å². The third kappa shape index (κ3) is 2.92. The molecular weight excluding hydrogens is 250 g/mol. The molecule has 2 aromatic heterocycles. The Morgan fingerprint density at radius 3 is 2.83 bits per heavy atom. The lowest BCUT2D eigenvalue weighted by Crippen LogP contribution is -2.16. The van der Waals surface area contributed by atoms with Crippen LogP contribution in [-0.2, 0) is 18.3 Å². The maximum Gasteiger partial charge on any atom is 0.233 e. The van der Waals surface area contributed by atoms with Gasteiger partial charge in [-0.2, -0.15) is 0 Å². The number of amides is 1. The first-order valence-electron chi connectivity index (χ1n) is 5.65. The first-order valence-corrected chi connectivity index (χ1v) is 6.47. The number of hydrogen-bond acceptors (Lipinski definition) is 5. The van der Waals surface area contributed by atoms with E-state index in [4.69, 9.17) is 0 Å². The zero-order chi connectivity index (χ0) is 13.1. The summed E-state index contributed by atoms with van der Waals surface area (Å²) in [5.41, 5.74) is 0. The van der Waals surface area contributed by atoms with Gasteiger partial charge in [-0.15, -0.1) is 10.2 Å². The van der Waals surface area contributed by atoms with Crippen molar-refractivity contribution in [1.29, 1.82) is 0 Å². The number of hydrogen-bond donors (Lipinski definition) is 1. The molecule has 96 valence electrons. The molecule has 0 aliphatic rings. The highest BCUT2D eigenvalue weighted by Gasteiger charge is 2.12. The highest BCUT2D eigenvalue weighted by molar-refractivity contribution is 7.15. The number of carbonyl (C=O) groups excluding carboxylic acids is 1. The van der Waals surface area contributed by atoms with Crippen LogP contribution in [0.5, 0.6) is 0 Å². The predicted molar refractivity (Wildman–Crippen MR) is 69.5 cm³/mol. The van der Waals surface area contributed by atoms with Crippen LogP contribution in [0, 0.1) is 0 Å². The molecular formula is C11H15N5OS. The fraction of sp³-hybridized carbons (Fsp3) is 0.455. The second-order valence-electron chi connectivity index (χ2n) is 4.28. The molecule has 0 atom stereocenters. The first kappa shape index (κ1) is 12.7. The second kappa shape index (κ2) is 5.26. The normalized spacial score (nSPS) is 10.9. The summed E-state index contributed by atoms with van der Waals surface area (Å²) in [7, 11) is 1.86. The van der Waals surface area contributed by atoms with Crippen LogP contribution in [0.15, 0.2) is 12.4 Å². The van der Waals surface area contributed by atoms with Crippen LogP contribution in [0.25, 0.3) is 0 Å². The molecule has 7 heteroatoms. The summed E-state index contributed by atoms with van der Waals surface area (Å²) < 4.78 is 1.82. The molecule has 0 fully saturated rings. The molecule has 2 rings (SSSR count). The van der Waals surface area contributed by atoms with Crippen LogP contribution in [0.2, 0.25) is 0 Å². The van der Waals surface area contributed by atoms with Crippen LogP contribution in [0.4, 0.5) is 5.13 Å². The second-order valence-corrected chi connectivity index (χ2v) is 5.29. The van der Waals surface area contributed by atoms with Gasteiger partial charge in [-0.1, -0.05) is 25.2 Å². The molecule has 0 saturated heterocycles. The van der Waals surface area contributed by atoms with E-state index in [0.29, 0.717) is 11.0 Å². The monoisotopic (exact) mass is 265 g/mol. The SMILES string of the molecule is CC(C)c1nnc(NC(=O)Cc2nccn2C)s1. The Hall–Kier alpha value is -1.76. The lowest BCUT2D eigenvalue weighted by molar-refractivity contribution is -0.115. The van der Waals surface area contributed by atoms with E-state index in [9.17, 15) is 4.79 Å². The van der Waals surface area contributed by atoms with E-state index in [1.807, 2.05) is 31.7 Å². The fourth-order valence-corrected chi connectivity index (χ4v) is 2.15. The number of nitrogens with zero attached hydrogens (tertiary/aromatic N) is 4. The average molecular weight is 265 g/mol. The number of nitrogens with one attached hydrogen (secondary N) is 1. The van der Waals surface area contributed by atoms with Crippen molar-refractivity contribution in [3.8, 4) is 0 Å². The number of carbonyl (C=O) groups is 1. The minimum absolute atomic E-state index is 0.129. The van der Waals surface area contributed by atoms with Gasteiger partial charge in [0.25, 0.3) is 0 Å². The molecule has 0 radical (unpaired) electrons. The summed E-state index contributed by atoms with van der Waals surface area (Å²) >= 11 is 1.40. The van der Waals surface area contributed by atoms with Crippen LogP contribution in [0.3, 0.4) is 0 Å². The summed E-state index contributed by atoms with van der Waals surface area (Å²) in [6, 6.07) is 0. The van der Waals surface area contributed by atoms with Crippen LogP contribution < -0.4 is 5.32 Å². The van der Waals surface area contributed by atoms with Gasteiger partial charge in [0.1, 0.15) is 10.8 Å². The number of rotatable bonds is 4. The van der Waals surface area contributed by atoms with Crippen molar-refractivity contribution >= 4 is 22.4 Å². The quantitative estimate of drug-likeness (QED) is 0.911. The third-order valence-corrected chi connectivity index (χ3v) is 3.56. The lowest BCUT2D eigenvalue weighted by atomic mass is 10.2. The van der Waals surface area contributed by atoms with Gasteiger partial charge in [0.2, 0.25) is 11.0 Å². The van der Waals surface area contributed by atoms with Gasteiger partial charge in [-0.3, -0.25) is 4.79 Å². The molecule has 2 aromatic rings. The standard InChI is InChI=1S/C11H15N5OS/c1-7(2)10-14-15-11(18-10)13-9(17)6-8-12-4-5-16(8)3/h4-5,7H,6H2,1-3H3,(H,13,15,17). The van der Waals surface area contributed by atoms with Crippen LogP contribution in [-0.4, -0.2) is 25.7 Å². The van der Waals surface area contributed by atoms with Gasteiger partial charge < -0.3 is 9.88 Å². The largest absolute Gasteiger partial charge is 0.338 e. The molecule has 6 nitrogen and oxygen atoms in total. The van der Waals surface area contributed by atoms with Crippen molar-refractivity contribution in [2.24, 2.45) is 7.05 Å². The summed E-state index contributed by atoms with van der Waals surface area (Å²) in [6.07, 6.45) is 3.72. The van der Waals surface area contributed by atoms with Crippen molar-refractivity contribution in [3.63, 3.8) is 0 Å². The predicted octanol–water partition coefficient (Wildman–Crippen LogP) is 1.58. The zero-order valence-electron chi connectivity index (χ0n) is 10.5. The molecule has 1 N–H and O–H groups in total. The van der Waals surface area contributed by atoms with E-state index >= 15 is 0 Å². The Labute approximate surface area is 109 Å². The maximum absolute atomic E-state index is 11.8. The molecule has 2 heterocycles. The number of aromatic nitrogens is 4. The van der Waals surface area contributed by atoms with E-state index in [2.05, 4.69) is 20.5 Å². The number of imidazole rings is 1. The zero-order valence-corrected chi connectivity index (χ0v) is 11.4. The van der Waals surface area contributed by atoms with Crippen molar-refractivity contribution in [2.75, 3.05) is 5.32 Å². The number of anilines is 1. The van der Waals surface area contributed by atoms with Gasteiger partial charge in [0, 0.05) is 25.4 Å². The van der Waals surface area contributed by atoms with Crippen LogP contribution >= 0.6 is 11.3 Å².